The molecule has 0 aliphatic rings. The quantitative estimate of drug-likeness (QED) is 0.505. The van der Waals surface area contributed by atoms with Crippen LogP contribution in [0.4, 0.5) is 5.69 Å². The standard InChI is InChI=1S/C9H8O2.C8H8N2OS/c10-9(11)7-6-8-4-2-1-3-5-8;11-4-9-6-1-2-7-8(3-6)12-5-10-7/h1-7H,(H,10,11);1-3,5,9,11H,4H2. The van der Waals surface area contributed by atoms with Crippen LogP contribution in [0.15, 0.2) is 60.1 Å². The summed E-state index contributed by atoms with van der Waals surface area (Å²) in [5.74, 6) is -0.922. The van der Waals surface area contributed by atoms with Crippen LogP contribution < -0.4 is 5.32 Å². The summed E-state index contributed by atoms with van der Waals surface area (Å²) in [6, 6.07) is 15.1. The van der Waals surface area contributed by atoms with Crippen LogP contribution in [0.5, 0.6) is 0 Å². The highest BCUT2D eigenvalue weighted by atomic mass is 32.1. The van der Waals surface area contributed by atoms with Crippen LogP contribution in [0.25, 0.3) is 16.3 Å². The van der Waals surface area contributed by atoms with Crippen LogP contribution >= 0.6 is 11.3 Å². The predicted molar refractivity (Wildman–Crippen MR) is 93.4 cm³/mol. The first-order chi connectivity index (χ1) is 11.2. The van der Waals surface area contributed by atoms with Gasteiger partial charge in [-0.3, -0.25) is 0 Å². The first-order valence-electron chi connectivity index (χ1n) is 6.83. The third-order valence-electron chi connectivity index (χ3n) is 2.83. The number of hydrogen-bond acceptors (Lipinski definition) is 5. The Hall–Kier alpha value is -2.70. The van der Waals surface area contributed by atoms with E-state index in [9.17, 15) is 4.79 Å². The van der Waals surface area contributed by atoms with Gasteiger partial charge in [-0.25, -0.2) is 9.78 Å². The summed E-state index contributed by atoms with van der Waals surface area (Å²) in [6.45, 7) is -0.0374. The van der Waals surface area contributed by atoms with Crippen molar-refractivity contribution in [3.63, 3.8) is 0 Å². The molecule has 0 radical (unpaired) electrons. The molecule has 6 heteroatoms. The van der Waals surface area contributed by atoms with Crippen molar-refractivity contribution in [3.8, 4) is 0 Å². The maximum Gasteiger partial charge on any atom is 0.328 e. The van der Waals surface area contributed by atoms with Crippen molar-refractivity contribution in [2.45, 2.75) is 0 Å². The van der Waals surface area contributed by atoms with Crippen LogP contribution in [-0.2, 0) is 4.79 Å². The molecule has 0 saturated carbocycles. The van der Waals surface area contributed by atoms with Crippen LogP contribution in [-0.4, -0.2) is 27.9 Å². The van der Waals surface area contributed by atoms with E-state index in [1.165, 1.54) is 0 Å². The molecule has 0 atom stereocenters. The van der Waals surface area contributed by atoms with E-state index >= 15 is 0 Å². The molecule has 2 aromatic carbocycles. The lowest BCUT2D eigenvalue weighted by Crippen LogP contribution is -1.98. The monoisotopic (exact) mass is 328 g/mol. The first-order valence-corrected chi connectivity index (χ1v) is 7.71. The second kappa shape index (κ2) is 8.67. The van der Waals surface area contributed by atoms with Crippen molar-refractivity contribution in [3.05, 3.63) is 65.7 Å². The lowest BCUT2D eigenvalue weighted by Gasteiger charge is -2.00. The number of aliphatic hydroxyl groups is 1. The zero-order valence-corrected chi connectivity index (χ0v) is 13.0. The van der Waals surface area contributed by atoms with Gasteiger partial charge in [0.25, 0.3) is 0 Å². The number of benzene rings is 2. The van der Waals surface area contributed by atoms with Gasteiger partial charge in [0.1, 0.15) is 6.73 Å². The van der Waals surface area contributed by atoms with Gasteiger partial charge in [-0.15, -0.1) is 11.3 Å². The maximum absolute atomic E-state index is 10.1. The normalized spacial score (nSPS) is 10.3. The van der Waals surface area contributed by atoms with E-state index < -0.39 is 5.97 Å². The Balaban J connectivity index is 0.000000168. The minimum atomic E-state index is -0.922. The third kappa shape index (κ3) is 5.54. The van der Waals surface area contributed by atoms with Gasteiger partial charge in [0.2, 0.25) is 0 Å². The molecule has 0 fully saturated rings. The number of hydrogen-bond donors (Lipinski definition) is 3. The molecular formula is C17H16N2O3S. The maximum atomic E-state index is 10.1. The molecule has 1 heterocycles. The average Bonchev–Trinajstić information content (AvgIpc) is 3.03. The number of carbonyl (C=O) groups is 1. The highest BCUT2D eigenvalue weighted by Crippen LogP contribution is 2.21. The fourth-order valence-electron chi connectivity index (χ4n) is 1.79. The molecule has 0 spiro atoms. The number of fused-ring (bicyclic) bond motifs is 1. The number of aliphatic hydroxyl groups excluding tert-OH is 1. The molecule has 0 unspecified atom stereocenters. The molecule has 5 nitrogen and oxygen atoms in total. The Morgan fingerprint density at radius 3 is 2.70 bits per heavy atom. The number of nitrogens with one attached hydrogen (secondary N) is 1. The first kappa shape index (κ1) is 16.7. The summed E-state index contributed by atoms with van der Waals surface area (Å²) in [5.41, 5.74) is 4.64. The Labute approximate surface area is 137 Å². The van der Waals surface area contributed by atoms with E-state index in [0.29, 0.717) is 0 Å². The van der Waals surface area contributed by atoms with Gasteiger partial charge in [-0.05, 0) is 29.8 Å². The van der Waals surface area contributed by atoms with Gasteiger partial charge in [-0.1, -0.05) is 30.3 Å². The SMILES string of the molecule is O=C(O)C=Cc1ccccc1.OCNc1ccc2ncsc2c1. The number of anilines is 1. The van der Waals surface area contributed by atoms with Gasteiger partial charge < -0.3 is 15.5 Å². The lowest BCUT2D eigenvalue weighted by molar-refractivity contribution is -0.131. The molecule has 3 rings (SSSR count). The zero-order chi connectivity index (χ0) is 16.5. The number of carboxylic acid groups (broad SMARTS) is 1. The molecule has 0 aliphatic carbocycles. The summed E-state index contributed by atoms with van der Waals surface area (Å²) in [6.07, 6.45) is 2.68. The van der Waals surface area contributed by atoms with Crippen molar-refractivity contribution in [1.82, 2.24) is 4.98 Å². The lowest BCUT2D eigenvalue weighted by atomic mass is 10.2. The van der Waals surface area contributed by atoms with Crippen molar-refractivity contribution < 1.29 is 15.0 Å². The summed E-state index contributed by atoms with van der Waals surface area (Å²) < 4.78 is 1.13. The van der Waals surface area contributed by atoms with Gasteiger partial charge >= 0.3 is 5.97 Å². The molecule has 3 N–H and O–H groups in total. The topological polar surface area (TPSA) is 82.5 Å². The number of carboxylic acids is 1. The van der Waals surface area contributed by atoms with Gasteiger partial charge in [0.05, 0.1) is 15.7 Å². The number of aliphatic carboxylic acids is 1. The fraction of sp³-hybridized carbons (Fsp3) is 0.0588. The number of nitrogens with zero attached hydrogens (tertiary/aromatic N) is 1. The van der Waals surface area contributed by atoms with Crippen LogP contribution in [0.2, 0.25) is 0 Å². The van der Waals surface area contributed by atoms with Crippen LogP contribution in [0, 0.1) is 0 Å². The third-order valence-corrected chi connectivity index (χ3v) is 3.62. The summed E-state index contributed by atoms with van der Waals surface area (Å²) >= 11 is 1.59. The highest BCUT2D eigenvalue weighted by Gasteiger charge is 1.96. The van der Waals surface area contributed by atoms with E-state index in [2.05, 4.69) is 10.3 Å². The Morgan fingerprint density at radius 2 is 2.00 bits per heavy atom. The summed E-state index contributed by atoms with van der Waals surface area (Å²) in [7, 11) is 0. The van der Waals surface area contributed by atoms with Crippen LogP contribution in [0.3, 0.4) is 0 Å². The molecule has 0 bridgehead atoms. The van der Waals surface area contributed by atoms with Gasteiger partial charge in [-0.2, -0.15) is 0 Å². The highest BCUT2D eigenvalue weighted by molar-refractivity contribution is 7.16. The predicted octanol–water partition coefficient (Wildman–Crippen LogP) is 3.44. The van der Waals surface area contributed by atoms with Crippen molar-refractivity contribution >= 4 is 39.3 Å². The van der Waals surface area contributed by atoms with Gasteiger partial charge in [0.15, 0.2) is 0 Å². The van der Waals surface area contributed by atoms with Gasteiger partial charge in [0, 0.05) is 11.8 Å². The second-order valence-electron chi connectivity index (χ2n) is 4.45. The molecular weight excluding hydrogens is 312 g/mol. The molecule has 1 aromatic heterocycles. The molecule has 118 valence electrons. The average molecular weight is 328 g/mol. The smallest absolute Gasteiger partial charge is 0.328 e. The van der Waals surface area contributed by atoms with Crippen molar-refractivity contribution in [1.29, 1.82) is 0 Å². The van der Waals surface area contributed by atoms with E-state index in [-0.39, 0.29) is 6.73 Å². The minimum Gasteiger partial charge on any atom is -0.478 e. The Bertz CT molecular complexity index is 785. The zero-order valence-electron chi connectivity index (χ0n) is 12.2. The molecule has 3 aromatic rings. The van der Waals surface area contributed by atoms with Crippen molar-refractivity contribution in [2.75, 3.05) is 12.0 Å². The fourth-order valence-corrected chi connectivity index (χ4v) is 2.50. The number of rotatable bonds is 4. The minimum absolute atomic E-state index is 0.0374. The molecule has 23 heavy (non-hydrogen) atoms. The summed E-state index contributed by atoms with van der Waals surface area (Å²) in [5, 5.41) is 19.7. The van der Waals surface area contributed by atoms with E-state index in [0.717, 1.165) is 27.5 Å². The van der Waals surface area contributed by atoms with E-state index in [1.807, 2.05) is 54.0 Å². The number of aromatic nitrogens is 1. The molecule has 0 saturated heterocycles. The Morgan fingerprint density at radius 1 is 1.22 bits per heavy atom. The molecule has 0 aliphatic heterocycles. The summed E-state index contributed by atoms with van der Waals surface area (Å²) in [4.78, 5) is 14.2. The van der Waals surface area contributed by atoms with Crippen molar-refractivity contribution in [2.24, 2.45) is 0 Å². The second-order valence-corrected chi connectivity index (χ2v) is 5.34. The Kier molecular flexibility index (Phi) is 6.28. The van der Waals surface area contributed by atoms with Crippen LogP contribution in [0.1, 0.15) is 5.56 Å². The van der Waals surface area contributed by atoms with E-state index in [1.54, 1.807) is 17.4 Å². The van der Waals surface area contributed by atoms with E-state index in [4.69, 9.17) is 10.2 Å². The molecule has 0 amide bonds. The largest absolute Gasteiger partial charge is 0.478 e. The number of thiazole rings is 1.